The molecule has 1 unspecified atom stereocenters. The lowest BCUT2D eigenvalue weighted by Crippen LogP contribution is -2.54. The second-order valence-corrected chi connectivity index (χ2v) is 14.7. The second kappa shape index (κ2) is 19.9. The van der Waals surface area contributed by atoms with Crippen LogP contribution in [0.25, 0.3) is 0 Å². The number of allylic oxidation sites excluding steroid dienone is 2. The van der Waals surface area contributed by atoms with Crippen molar-refractivity contribution >= 4 is 18.0 Å². The summed E-state index contributed by atoms with van der Waals surface area (Å²) in [5.41, 5.74) is -1.50. The highest BCUT2D eigenvalue weighted by molar-refractivity contribution is 5.70. The molecule has 0 aromatic carbocycles. The van der Waals surface area contributed by atoms with Crippen molar-refractivity contribution in [3.05, 3.63) is 36.0 Å². The lowest BCUT2D eigenvalue weighted by atomic mass is 9.88. The van der Waals surface area contributed by atoms with Gasteiger partial charge in [-0.15, -0.1) is 0 Å². The zero-order valence-corrected chi connectivity index (χ0v) is 30.7. The Kier molecular flexibility index (Phi) is 11.5. The summed E-state index contributed by atoms with van der Waals surface area (Å²) >= 11 is 0. The molecule has 3 rings (SSSR count). The van der Waals surface area contributed by atoms with E-state index >= 15 is 0 Å². The van der Waals surface area contributed by atoms with Gasteiger partial charge in [-0.1, -0.05) is 52.5 Å². The minimum Gasteiger partial charge on any atom is -0.481 e. The molecule has 5 N–H and O–H groups in total. The number of esters is 1. The van der Waals surface area contributed by atoms with E-state index in [1.807, 2.05) is 33.8 Å². The number of aliphatic hydroxyl groups is 3. The van der Waals surface area contributed by atoms with Crippen LogP contribution >= 0.6 is 0 Å². The van der Waals surface area contributed by atoms with Gasteiger partial charge in [-0.2, -0.15) is 0 Å². The molecule has 0 radical (unpaired) electrons. The molecule has 1 amide bonds. The van der Waals surface area contributed by atoms with Crippen LogP contribution in [-0.2, 0) is 28.5 Å². The smallest absolute Gasteiger partial charge is 0.410 e. The first-order chi connectivity index (χ1) is 34.5. The Labute approximate surface area is 338 Å². The molecule has 314 valence electrons. The van der Waals surface area contributed by atoms with Crippen LogP contribution in [0.2, 0.25) is 0 Å². The Bertz CT molecular complexity index is 1300. The lowest BCUT2D eigenvalue weighted by molar-refractivity contribution is -0.151. The molecule has 3 aliphatic heterocycles. The molecule has 3 aliphatic rings. The van der Waals surface area contributed by atoms with E-state index in [1.165, 1.54) is 7.11 Å². The Morgan fingerprint density at radius 2 is 2.04 bits per heavy atom. The van der Waals surface area contributed by atoms with Crippen LogP contribution in [0.3, 0.4) is 0 Å². The minimum atomic E-state index is -1.17. The summed E-state index contributed by atoms with van der Waals surface area (Å²) in [6, 6.07) is -0.173. The Balaban J connectivity index is -0.000000190. The number of nitrogens with zero attached hydrogens (tertiary/aromatic N) is 1. The quantitative estimate of drug-likeness (QED) is 0.0569. The van der Waals surface area contributed by atoms with Crippen molar-refractivity contribution in [2.45, 2.75) is 148 Å². The average Bonchev–Trinajstić information content (AvgIpc) is 4.20. The fraction of sp³-hybridized carbons (Fsp3) is 0.763. The molecule has 0 aromatic heterocycles. The third kappa shape index (κ3) is 13.6. The summed E-state index contributed by atoms with van der Waals surface area (Å²) in [5.74, 6) is -1.85. The predicted octanol–water partition coefficient (Wildman–Crippen LogP) is 6.84. The van der Waals surface area contributed by atoms with Crippen molar-refractivity contribution in [2.75, 3.05) is 26.7 Å². The first-order valence-electron chi connectivity index (χ1n) is 28.9. The molecule has 13 heteroatoms. The predicted molar refractivity (Wildman–Crippen MR) is 216 cm³/mol. The largest absolute Gasteiger partial charge is 0.481 e. The number of epoxide rings is 1. The first kappa shape index (κ1) is 29.6. The molecule has 0 spiro atoms. The summed E-state index contributed by atoms with van der Waals surface area (Å²) in [6.45, 7) is 12.3. The monoisotopic (exact) mass is 769 g/mol. The minimum absolute atomic E-state index is 0. The molecule has 0 aliphatic carbocycles. The molecular formula is C38H86N2O11. The number of carbonyl (C=O) groups is 3. The van der Waals surface area contributed by atoms with Crippen molar-refractivity contribution in [1.82, 2.24) is 10.2 Å². The van der Waals surface area contributed by atoms with Crippen molar-refractivity contribution < 1.29 is 86.4 Å². The molecule has 0 bridgehead atoms. The van der Waals surface area contributed by atoms with E-state index in [9.17, 15) is 29.7 Å². The number of cyclic esters (lactones) is 1. The number of aliphatic carboxylic acids is 1. The molecule has 0 saturated carbocycles. The van der Waals surface area contributed by atoms with Gasteiger partial charge in [-0.25, -0.2) is 4.79 Å². The van der Waals surface area contributed by atoms with Gasteiger partial charge in [0.1, 0.15) is 11.7 Å². The van der Waals surface area contributed by atoms with Gasteiger partial charge in [0.25, 0.3) is 0 Å². The van der Waals surface area contributed by atoms with Crippen molar-refractivity contribution in [3.8, 4) is 0 Å². The number of hydrogen-bond donors (Lipinski definition) is 5. The zero-order valence-electron chi connectivity index (χ0n) is 52.7. The van der Waals surface area contributed by atoms with Gasteiger partial charge in [-0.3, -0.25) is 9.59 Å². The normalized spacial score (nSPS) is 35.5. The molecular weight excluding hydrogens is 660 g/mol. The van der Waals surface area contributed by atoms with Gasteiger partial charge in [0, 0.05) is 90.1 Å². The topological polar surface area (TPSA) is 188 Å². The summed E-state index contributed by atoms with van der Waals surface area (Å²) in [5, 5.41) is 44.3. The summed E-state index contributed by atoms with van der Waals surface area (Å²) in [6.07, 6.45) is 6.52. The highest BCUT2D eigenvalue weighted by Gasteiger charge is 2.47. The zero-order chi connectivity index (χ0) is 59.2. The van der Waals surface area contributed by atoms with Gasteiger partial charge in [0.2, 0.25) is 0 Å². The summed E-state index contributed by atoms with van der Waals surface area (Å²) in [4.78, 5) is 39.0. The number of nitrogens with one attached hydrogen (secondary N) is 1. The van der Waals surface area contributed by atoms with Crippen molar-refractivity contribution in [1.29, 1.82) is 0 Å². The number of carboxylic acids is 1. The van der Waals surface area contributed by atoms with E-state index < -0.39 is 53.6 Å². The molecule has 0 aromatic rings. The fourth-order valence-electron chi connectivity index (χ4n) is 6.67. The number of rotatable bonds is 13. The molecule has 11 atom stereocenters. The first-order valence-corrected chi connectivity index (χ1v) is 17.9. The molecule has 3 heterocycles. The number of hydrogen-bond acceptors (Lipinski definition) is 11. The molecule has 51 heavy (non-hydrogen) atoms. The molecule has 2 saturated heterocycles. The van der Waals surface area contributed by atoms with Crippen LogP contribution in [0.5, 0.6) is 0 Å². The number of amides is 1. The average molecular weight is 769 g/mol. The van der Waals surface area contributed by atoms with E-state index in [-0.39, 0.29) is 63.2 Å². The van der Waals surface area contributed by atoms with E-state index in [4.69, 9.17) is 56.7 Å². The molecule has 13 nitrogen and oxygen atoms in total. The Morgan fingerprint density at radius 1 is 1.33 bits per heavy atom. The molecule has 2 fully saturated rings. The number of piperazine rings is 1. The standard InChI is InChI=1S/C37H60N2O11.CH4.11H2/c1-8-28(41)25(4)34-29(48-34)21-36(5,46)16-9-10-23(2)33-24(3)11-13-30(37(6,47-7)17-15-27(40)20-32(44)50-33)49-35(45)39-19-18-38-26(22-39)12-14-31(42)43;;;;;;;;;;;;/h9-11,13,16,24-30,33-34,38,40-41,46H,8,12,14-15,17-22H2,1-7H3,(H,42,43);1H4;11*1H/b13-11+,16-9+,23-10+;;;;;;;;;;;;/t24-,25+,26?,27+,28-,29+,30-,33+,34+,36-,37+;;;;;;;;;;;;/m0............/s1/i;;11*1+1D. The van der Waals surface area contributed by atoms with E-state index in [1.54, 1.807) is 43.1 Å². The number of carboxylic acid groups (broad SMARTS) is 1. The van der Waals surface area contributed by atoms with Gasteiger partial charge in [0.05, 0.1) is 36.4 Å². The van der Waals surface area contributed by atoms with Crippen LogP contribution in [0.1, 0.15) is 127 Å². The third-order valence-corrected chi connectivity index (χ3v) is 10.3. The van der Waals surface area contributed by atoms with Crippen molar-refractivity contribution in [2.24, 2.45) is 11.8 Å². The van der Waals surface area contributed by atoms with Gasteiger partial charge >= 0.3 is 18.0 Å². The number of ether oxygens (including phenoxy) is 4. The highest BCUT2D eigenvalue weighted by Crippen LogP contribution is 2.37. The Morgan fingerprint density at radius 3 is 2.69 bits per heavy atom. The third-order valence-electron chi connectivity index (χ3n) is 10.3. The second-order valence-electron chi connectivity index (χ2n) is 14.7. The van der Waals surface area contributed by atoms with E-state index in [0.717, 1.165) is 0 Å². The van der Waals surface area contributed by atoms with Crippen LogP contribution in [0, 0.1) is 11.8 Å². The van der Waals surface area contributed by atoms with Gasteiger partial charge in [-0.05, 0) is 58.1 Å². The van der Waals surface area contributed by atoms with Crippen molar-refractivity contribution in [3.63, 3.8) is 0 Å². The number of methoxy groups -OCH3 is 1. The summed E-state index contributed by atoms with van der Waals surface area (Å²) in [7, 11) is 1.51. The highest BCUT2D eigenvalue weighted by atomic mass is 16.6. The SMILES string of the molecule is C.CC[C@H](O)[C@@H](C)[C@H]1O[C@@H]1C[C@@](C)(O)/C=C/C=C(\C)[C@H]1OC(=O)C[C@H](O)CC[C@@](C)(OC)[C@@H](OC(=O)N2CCNC(CCC(=O)O)C2)/C=C/[C@@H]1C.[2H][2H].[2H][2H].[2H][2H].[2H][2H].[2H][2H].[2H][2H].[2H][2H].[2H][2H].[2H][2H].[2H][2H].[2H][2H]. The van der Waals surface area contributed by atoms with E-state index in [0.29, 0.717) is 44.5 Å². The van der Waals surface area contributed by atoms with Crippen LogP contribution in [-0.4, -0.2) is 124 Å². The maximum Gasteiger partial charge on any atom is 0.410 e. The maximum atomic E-state index is 13.5. The fourth-order valence-corrected chi connectivity index (χ4v) is 6.67. The maximum absolute atomic E-state index is 13.5. The summed E-state index contributed by atoms with van der Waals surface area (Å²) < 4.78 is 134. The van der Waals surface area contributed by atoms with Crippen LogP contribution in [0.15, 0.2) is 36.0 Å². The van der Waals surface area contributed by atoms with E-state index in [2.05, 4.69) is 5.32 Å². The Hall–Kier alpha value is -2.81. The van der Waals surface area contributed by atoms with Gasteiger partial charge < -0.3 is 49.6 Å². The number of aliphatic hydroxyl groups excluding tert-OH is 2. The van der Waals surface area contributed by atoms with Crippen LogP contribution < -0.4 is 5.32 Å². The number of carbonyl (C=O) groups excluding carboxylic acids is 2. The van der Waals surface area contributed by atoms with Gasteiger partial charge in [0.15, 0.2) is 6.10 Å². The lowest BCUT2D eigenvalue weighted by Gasteiger charge is -2.38. The van der Waals surface area contributed by atoms with Crippen LogP contribution in [0.4, 0.5) is 4.79 Å².